The van der Waals surface area contributed by atoms with Crippen LogP contribution in [0.1, 0.15) is 0 Å². The molecule has 0 aliphatic carbocycles. The van der Waals surface area contributed by atoms with Crippen LogP contribution in [0.3, 0.4) is 0 Å². The first-order valence-electron chi connectivity index (χ1n) is 5.13. The second-order valence-electron chi connectivity index (χ2n) is 3.57. The van der Waals surface area contributed by atoms with Gasteiger partial charge in [-0.05, 0) is 11.6 Å². The highest BCUT2D eigenvalue weighted by atomic mass is 35.5. The smallest absolute Gasteiger partial charge is 0.287 e. The summed E-state index contributed by atoms with van der Waals surface area (Å²) in [6.07, 6.45) is 4.50. The predicted octanol–water partition coefficient (Wildman–Crippen LogP) is 0.750. The van der Waals surface area contributed by atoms with Gasteiger partial charge < -0.3 is 10.4 Å². The zero-order valence-electron chi connectivity index (χ0n) is 9.46. The maximum atomic E-state index is 12.9. The largest absolute Gasteiger partial charge is 0.390 e. The number of aromatic nitrogens is 5. The summed E-state index contributed by atoms with van der Waals surface area (Å²) in [5.41, 5.74) is 0. The molecular weight excluding hydrogens is 282 g/mol. The zero-order chi connectivity index (χ0) is 13.9. The fourth-order valence-corrected chi connectivity index (χ4v) is 1.33. The van der Waals surface area contributed by atoms with Gasteiger partial charge in [-0.25, -0.2) is 13.8 Å². The van der Waals surface area contributed by atoms with E-state index < -0.39 is 19.1 Å². The molecule has 102 valence electrons. The molecule has 2 aromatic rings. The van der Waals surface area contributed by atoms with Gasteiger partial charge in [0.05, 0.1) is 6.54 Å². The van der Waals surface area contributed by atoms with Gasteiger partial charge in [0.1, 0.15) is 12.9 Å². The maximum Gasteiger partial charge on any atom is 0.287 e. The topological polar surface area (TPSA) is 88.8 Å². The molecule has 0 amide bonds. The number of hydrogen-bond acceptors (Lipinski definition) is 6. The Bertz CT molecular complexity index is 550. The average Bonchev–Trinajstić information content (AvgIpc) is 2.90. The van der Waals surface area contributed by atoms with E-state index >= 15 is 0 Å². The summed E-state index contributed by atoms with van der Waals surface area (Å²) >= 11 is 5.68. The van der Waals surface area contributed by atoms with Crippen molar-refractivity contribution >= 4 is 17.5 Å². The molecule has 0 fully saturated rings. The lowest BCUT2D eigenvalue weighted by Crippen LogP contribution is -2.31. The van der Waals surface area contributed by atoms with Crippen molar-refractivity contribution < 1.29 is 13.9 Å². The van der Waals surface area contributed by atoms with Crippen LogP contribution in [0.4, 0.5) is 14.7 Å². The van der Waals surface area contributed by atoms with E-state index in [9.17, 15) is 8.78 Å². The summed E-state index contributed by atoms with van der Waals surface area (Å²) in [6, 6.07) is 0. The van der Waals surface area contributed by atoms with E-state index in [4.69, 9.17) is 16.7 Å². The molecule has 0 atom stereocenters. The SMILES string of the molecule is OCC(F)(F)CNc1nc(Cl)nc(-n2ccnc2)n1. The van der Waals surface area contributed by atoms with Crippen LogP contribution in [0.25, 0.3) is 5.95 Å². The van der Waals surface area contributed by atoms with Gasteiger partial charge in [0.25, 0.3) is 5.92 Å². The number of nitrogens with zero attached hydrogens (tertiary/aromatic N) is 5. The second-order valence-corrected chi connectivity index (χ2v) is 3.90. The molecule has 0 aromatic carbocycles. The van der Waals surface area contributed by atoms with E-state index in [0.717, 1.165) is 0 Å². The Morgan fingerprint density at radius 3 is 2.79 bits per heavy atom. The van der Waals surface area contributed by atoms with E-state index in [1.165, 1.54) is 17.1 Å². The monoisotopic (exact) mass is 290 g/mol. The van der Waals surface area contributed by atoms with Gasteiger partial charge in [-0.3, -0.25) is 4.57 Å². The molecule has 0 radical (unpaired) electrons. The molecule has 0 unspecified atom stereocenters. The Morgan fingerprint density at radius 2 is 2.16 bits per heavy atom. The summed E-state index contributed by atoms with van der Waals surface area (Å²) in [7, 11) is 0. The minimum atomic E-state index is -3.27. The number of halogens is 3. The minimum absolute atomic E-state index is 0.114. The molecule has 10 heteroatoms. The van der Waals surface area contributed by atoms with Gasteiger partial charge in [0.2, 0.25) is 17.2 Å². The molecule has 2 heterocycles. The van der Waals surface area contributed by atoms with Crippen molar-refractivity contribution in [1.82, 2.24) is 24.5 Å². The third kappa shape index (κ3) is 3.55. The number of imidazole rings is 1. The van der Waals surface area contributed by atoms with Gasteiger partial charge in [-0.1, -0.05) is 0 Å². The first-order chi connectivity index (χ1) is 9.00. The summed E-state index contributed by atoms with van der Waals surface area (Å²) in [5.74, 6) is -3.24. The van der Waals surface area contributed by atoms with Gasteiger partial charge in [0.15, 0.2) is 0 Å². The maximum absolute atomic E-state index is 12.9. The molecule has 2 N–H and O–H groups in total. The summed E-state index contributed by atoms with van der Waals surface area (Å²) < 4.78 is 27.2. The highest BCUT2D eigenvalue weighted by molar-refractivity contribution is 6.28. The number of anilines is 1. The van der Waals surface area contributed by atoms with Crippen LogP contribution < -0.4 is 5.32 Å². The third-order valence-corrected chi connectivity index (χ3v) is 2.24. The van der Waals surface area contributed by atoms with Crippen LogP contribution in [0.2, 0.25) is 5.28 Å². The molecule has 0 aliphatic heterocycles. The molecule has 19 heavy (non-hydrogen) atoms. The molecule has 7 nitrogen and oxygen atoms in total. The number of alkyl halides is 2. The minimum Gasteiger partial charge on any atom is -0.390 e. The lowest BCUT2D eigenvalue weighted by atomic mass is 10.3. The van der Waals surface area contributed by atoms with Crippen molar-refractivity contribution in [3.63, 3.8) is 0 Å². The van der Waals surface area contributed by atoms with Crippen molar-refractivity contribution in [1.29, 1.82) is 0 Å². The molecule has 2 rings (SSSR count). The van der Waals surface area contributed by atoms with Crippen molar-refractivity contribution in [2.45, 2.75) is 5.92 Å². The van der Waals surface area contributed by atoms with E-state index in [1.807, 2.05) is 0 Å². The Kier molecular flexibility index (Phi) is 3.86. The van der Waals surface area contributed by atoms with Gasteiger partial charge in [0, 0.05) is 12.4 Å². The van der Waals surface area contributed by atoms with E-state index in [0.29, 0.717) is 0 Å². The molecule has 0 aliphatic rings. The number of hydrogen-bond donors (Lipinski definition) is 2. The van der Waals surface area contributed by atoms with E-state index in [2.05, 4.69) is 25.3 Å². The van der Waals surface area contributed by atoms with Crippen molar-refractivity contribution in [2.24, 2.45) is 0 Å². The molecular formula is C9H9ClF2N6O. The van der Waals surface area contributed by atoms with Crippen molar-refractivity contribution in [3.05, 3.63) is 24.0 Å². The first kappa shape index (κ1) is 13.6. The molecule has 2 aromatic heterocycles. The highest BCUT2D eigenvalue weighted by Gasteiger charge is 2.27. The normalized spacial score (nSPS) is 11.6. The van der Waals surface area contributed by atoms with Gasteiger partial charge >= 0.3 is 0 Å². The molecule has 0 saturated carbocycles. The molecule has 0 bridgehead atoms. The van der Waals surface area contributed by atoms with Crippen LogP contribution in [0.5, 0.6) is 0 Å². The Balaban J connectivity index is 2.18. The van der Waals surface area contributed by atoms with Crippen molar-refractivity contribution in [2.75, 3.05) is 18.5 Å². The molecule has 0 spiro atoms. The average molecular weight is 291 g/mol. The predicted molar refractivity (Wildman–Crippen MR) is 62.5 cm³/mol. The fraction of sp³-hybridized carbons (Fsp3) is 0.333. The Hall–Kier alpha value is -1.87. The van der Waals surface area contributed by atoms with Crippen LogP contribution in [0.15, 0.2) is 18.7 Å². The van der Waals surface area contributed by atoms with Crippen LogP contribution in [0, 0.1) is 0 Å². The quantitative estimate of drug-likeness (QED) is 0.845. The lowest BCUT2D eigenvalue weighted by molar-refractivity contribution is -0.0374. The van der Waals surface area contributed by atoms with Crippen LogP contribution in [-0.2, 0) is 0 Å². The lowest BCUT2D eigenvalue weighted by Gasteiger charge is -2.14. The van der Waals surface area contributed by atoms with E-state index in [-0.39, 0.29) is 17.2 Å². The van der Waals surface area contributed by atoms with Crippen LogP contribution >= 0.6 is 11.6 Å². The number of rotatable bonds is 5. The standard InChI is InChI=1S/C9H9ClF2N6O/c10-6-15-7(14-3-9(11,12)4-19)17-8(16-6)18-2-1-13-5-18/h1-2,5,19H,3-4H2,(H,14,15,16,17). The highest BCUT2D eigenvalue weighted by Crippen LogP contribution is 2.14. The third-order valence-electron chi connectivity index (χ3n) is 2.07. The van der Waals surface area contributed by atoms with Gasteiger partial charge in [-0.2, -0.15) is 15.0 Å². The number of nitrogens with one attached hydrogen (secondary N) is 1. The fourth-order valence-electron chi connectivity index (χ4n) is 1.18. The Morgan fingerprint density at radius 1 is 1.37 bits per heavy atom. The number of aliphatic hydroxyl groups is 1. The van der Waals surface area contributed by atoms with Crippen molar-refractivity contribution in [3.8, 4) is 5.95 Å². The number of aliphatic hydroxyl groups excluding tert-OH is 1. The summed E-state index contributed by atoms with van der Waals surface area (Å²) in [6.45, 7) is -2.08. The zero-order valence-corrected chi connectivity index (χ0v) is 10.2. The first-order valence-corrected chi connectivity index (χ1v) is 5.50. The van der Waals surface area contributed by atoms with Gasteiger partial charge in [-0.15, -0.1) is 0 Å². The summed E-state index contributed by atoms with van der Waals surface area (Å²) in [5, 5.41) is 10.6. The van der Waals surface area contributed by atoms with Crippen LogP contribution in [-0.4, -0.2) is 48.7 Å². The molecule has 0 saturated heterocycles. The second kappa shape index (κ2) is 5.41. The van der Waals surface area contributed by atoms with E-state index in [1.54, 1.807) is 6.20 Å². The summed E-state index contributed by atoms with van der Waals surface area (Å²) in [4.78, 5) is 15.2. The Labute approximate surface area is 111 Å².